The average molecular weight is 327 g/mol. The van der Waals surface area contributed by atoms with E-state index in [0.717, 1.165) is 35.1 Å². The molecule has 1 aliphatic rings. The van der Waals surface area contributed by atoms with Crippen LogP contribution in [0.25, 0.3) is 0 Å². The van der Waals surface area contributed by atoms with E-state index in [1.807, 2.05) is 30.3 Å². The largest absolute Gasteiger partial charge is 0.315 e. The lowest BCUT2D eigenvalue weighted by molar-refractivity contribution is 0.275. The van der Waals surface area contributed by atoms with Gasteiger partial charge in [-0.05, 0) is 41.8 Å². The molecule has 1 nitrogen and oxygen atoms in total. The molecule has 3 rings (SSSR count). The standard InChI is InChI=1S/C16H14Cl3N/c17-13-3-1-2-12(6-13)16(9-20-10-16)8-11-4-5-14(18)7-15(11)19/h1-7,20H,8-10H2. The molecule has 0 spiro atoms. The van der Waals surface area contributed by atoms with Crippen molar-refractivity contribution in [2.24, 2.45) is 0 Å². The summed E-state index contributed by atoms with van der Waals surface area (Å²) < 4.78 is 0. The number of benzene rings is 2. The Balaban J connectivity index is 1.94. The van der Waals surface area contributed by atoms with Crippen LogP contribution in [0.15, 0.2) is 42.5 Å². The van der Waals surface area contributed by atoms with Crippen molar-refractivity contribution in [3.05, 3.63) is 68.7 Å². The van der Waals surface area contributed by atoms with Crippen molar-refractivity contribution in [3.63, 3.8) is 0 Å². The van der Waals surface area contributed by atoms with Crippen LogP contribution in [-0.2, 0) is 11.8 Å². The summed E-state index contributed by atoms with van der Waals surface area (Å²) in [4.78, 5) is 0. The maximum Gasteiger partial charge on any atom is 0.0453 e. The molecule has 0 aromatic heterocycles. The highest BCUT2D eigenvalue weighted by Crippen LogP contribution is 2.36. The maximum absolute atomic E-state index is 6.30. The van der Waals surface area contributed by atoms with Crippen molar-refractivity contribution in [3.8, 4) is 0 Å². The minimum atomic E-state index is 0.0718. The minimum absolute atomic E-state index is 0.0718. The summed E-state index contributed by atoms with van der Waals surface area (Å²) in [6.45, 7) is 1.87. The zero-order valence-electron chi connectivity index (χ0n) is 10.8. The van der Waals surface area contributed by atoms with Crippen molar-refractivity contribution in [2.45, 2.75) is 11.8 Å². The van der Waals surface area contributed by atoms with Crippen LogP contribution in [0.2, 0.25) is 15.1 Å². The van der Waals surface area contributed by atoms with E-state index in [1.54, 1.807) is 6.07 Å². The lowest BCUT2D eigenvalue weighted by Gasteiger charge is -2.43. The van der Waals surface area contributed by atoms with E-state index >= 15 is 0 Å². The number of halogens is 3. The third kappa shape index (κ3) is 2.68. The van der Waals surface area contributed by atoms with E-state index < -0.39 is 0 Å². The van der Waals surface area contributed by atoms with E-state index in [9.17, 15) is 0 Å². The van der Waals surface area contributed by atoms with Crippen LogP contribution in [0.3, 0.4) is 0 Å². The van der Waals surface area contributed by atoms with Crippen LogP contribution in [0.4, 0.5) is 0 Å². The molecule has 1 heterocycles. The fourth-order valence-electron chi connectivity index (χ4n) is 2.71. The monoisotopic (exact) mass is 325 g/mol. The average Bonchev–Trinajstić information content (AvgIpc) is 2.36. The topological polar surface area (TPSA) is 12.0 Å². The normalized spacial score (nSPS) is 16.8. The van der Waals surface area contributed by atoms with Crippen LogP contribution in [0.5, 0.6) is 0 Å². The molecule has 0 atom stereocenters. The van der Waals surface area contributed by atoms with E-state index in [4.69, 9.17) is 34.8 Å². The molecular weight excluding hydrogens is 313 g/mol. The third-order valence-corrected chi connectivity index (χ3v) is 4.73. The van der Waals surface area contributed by atoms with Crippen LogP contribution in [0, 0.1) is 0 Å². The quantitative estimate of drug-likeness (QED) is 0.859. The fraction of sp³-hybridized carbons (Fsp3) is 0.250. The Morgan fingerprint density at radius 3 is 2.30 bits per heavy atom. The number of hydrogen-bond acceptors (Lipinski definition) is 1. The summed E-state index contributed by atoms with van der Waals surface area (Å²) in [5, 5.41) is 5.53. The Morgan fingerprint density at radius 1 is 0.950 bits per heavy atom. The van der Waals surface area contributed by atoms with Gasteiger partial charge in [0.1, 0.15) is 0 Å². The van der Waals surface area contributed by atoms with Crippen molar-refractivity contribution in [1.29, 1.82) is 0 Å². The van der Waals surface area contributed by atoms with Gasteiger partial charge >= 0.3 is 0 Å². The van der Waals surface area contributed by atoms with Gasteiger partial charge in [-0.15, -0.1) is 0 Å². The van der Waals surface area contributed by atoms with Gasteiger partial charge < -0.3 is 5.32 Å². The van der Waals surface area contributed by atoms with E-state index in [1.165, 1.54) is 5.56 Å². The van der Waals surface area contributed by atoms with E-state index in [-0.39, 0.29) is 5.41 Å². The molecule has 20 heavy (non-hydrogen) atoms. The van der Waals surface area contributed by atoms with Gasteiger partial charge in [0, 0.05) is 33.6 Å². The highest BCUT2D eigenvalue weighted by atomic mass is 35.5. The predicted octanol–water partition coefficient (Wildman–Crippen LogP) is 4.73. The van der Waals surface area contributed by atoms with Gasteiger partial charge in [-0.3, -0.25) is 0 Å². The molecule has 104 valence electrons. The summed E-state index contributed by atoms with van der Waals surface area (Å²) >= 11 is 18.4. The third-order valence-electron chi connectivity index (χ3n) is 3.91. The van der Waals surface area contributed by atoms with E-state index in [0.29, 0.717) is 5.02 Å². The molecule has 0 unspecified atom stereocenters. The highest BCUT2D eigenvalue weighted by Gasteiger charge is 2.39. The van der Waals surface area contributed by atoms with Crippen molar-refractivity contribution < 1.29 is 0 Å². The zero-order valence-corrected chi connectivity index (χ0v) is 13.1. The second-order valence-electron chi connectivity index (χ2n) is 5.31. The number of rotatable bonds is 3. The van der Waals surface area contributed by atoms with Gasteiger partial charge in [-0.1, -0.05) is 53.0 Å². The number of hydrogen-bond donors (Lipinski definition) is 1. The van der Waals surface area contributed by atoms with Crippen molar-refractivity contribution in [2.75, 3.05) is 13.1 Å². The Hall–Kier alpha value is -0.730. The summed E-state index contributed by atoms with van der Waals surface area (Å²) in [5.74, 6) is 0. The number of nitrogens with one attached hydrogen (secondary N) is 1. The first-order chi connectivity index (χ1) is 9.59. The van der Waals surface area contributed by atoms with Gasteiger partial charge in [0.15, 0.2) is 0 Å². The van der Waals surface area contributed by atoms with Gasteiger partial charge in [0.25, 0.3) is 0 Å². The second-order valence-corrected chi connectivity index (χ2v) is 6.59. The van der Waals surface area contributed by atoms with Crippen LogP contribution >= 0.6 is 34.8 Å². The molecule has 0 radical (unpaired) electrons. The van der Waals surface area contributed by atoms with Gasteiger partial charge in [0.2, 0.25) is 0 Å². The molecule has 0 aliphatic carbocycles. The highest BCUT2D eigenvalue weighted by molar-refractivity contribution is 6.35. The van der Waals surface area contributed by atoms with Crippen LogP contribution < -0.4 is 5.32 Å². The second kappa shape index (κ2) is 5.57. The minimum Gasteiger partial charge on any atom is -0.315 e. The first-order valence-electron chi connectivity index (χ1n) is 6.50. The Morgan fingerprint density at radius 2 is 1.70 bits per heavy atom. The van der Waals surface area contributed by atoms with Crippen molar-refractivity contribution >= 4 is 34.8 Å². The fourth-order valence-corrected chi connectivity index (χ4v) is 3.37. The maximum atomic E-state index is 6.30. The van der Waals surface area contributed by atoms with Gasteiger partial charge in [-0.2, -0.15) is 0 Å². The molecular formula is C16H14Cl3N. The molecule has 0 amide bonds. The molecule has 2 aromatic rings. The molecule has 2 aromatic carbocycles. The Bertz CT molecular complexity index is 635. The summed E-state index contributed by atoms with van der Waals surface area (Å²) in [7, 11) is 0. The van der Waals surface area contributed by atoms with Crippen molar-refractivity contribution in [1.82, 2.24) is 5.32 Å². The molecule has 1 aliphatic heterocycles. The molecule has 1 saturated heterocycles. The molecule has 0 bridgehead atoms. The Kier molecular flexibility index (Phi) is 3.96. The Labute approximate surface area is 133 Å². The van der Waals surface area contributed by atoms with E-state index in [2.05, 4.69) is 11.4 Å². The summed E-state index contributed by atoms with van der Waals surface area (Å²) in [5.41, 5.74) is 2.45. The van der Waals surface area contributed by atoms with Gasteiger partial charge in [-0.25, -0.2) is 0 Å². The lowest BCUT2D eigenvalue weighted by atomic mass is 9.71. The SMILES string of the molecule is Clc1cccc(C2(Cc3ccc(Cl)cc3Cl)CNC2)c1. The lowest BCUT2D eigenvalue weighted by Crippen LogP contribution is -2.58. The molecule has 4 heteroatoms. The summed E-state index contributed by atoms with van der Waals surface area (Å²) in [6.07, 6.45) is 0.885. The molecule has 1 N–H and O–H groups in total. The molecule has 0 saturated carbocycles. The summed E-state index contributed by atoms with van der Waals surface area (Å²) in [6, 6.07) is 13.8. The van der Waals surface area contributed by atoms with Crippen LogP contribution in [-0.4, -0.2) is 13.1 Å². The first-order valence-corrected chi connectivity index (χ1v) is 7.63. The predicted molar refractivity (Wildman–Crippen MR) is 86.2 cm³/mol. The molecule has 1 fully saturated rings. The smallest absolute Gasteiger partial charge is 0.0453 e. The van der Waals surface area contributed by atoms with Gasteiger partial charge in [0.05, 0.1) is 0 Å². The first kappa shape index (κ1) is 14.2. The zero-order chi connectivity index (χ0) is 14.2. The van der Waals surface area contributed by atoms with Crippen LogP contribution in [0.1, 0.15) is 11.1 Å².